The van der Waals surface area contributed by atoms with Gasteiger partial charge in [0.25, 0.3) is 0 Å². The summed E-state index contributed by atoms with van der Waals surface area (Å²) in [6, 6.07) is 2.05. The molecule has 0 radical (unpaired) electrons. The molecule has 1 amide bonds. The molecule has 0 unspecified atom stereocenters. The maximum Gasteiger partial charge on any atom is 0.227 e. The molecule has 0 bridgehead atoms. The average molecular weight is 204 g/mol. The van der Waals surface area contributed by atoms with Gasteiger partial charge < -0.3 is 10.6 Å². The first-order valence-electron chi connectivity index (χ1n) is 5.17. The first-order chi connectivity index (χ1) is 7.02. The summed E-state index contributed by atoms with van der Waals surface area (Å²) in [5.74, 6) is 0.171. The molecule has 80 valence electrons. The van der Waals surface area contributed by atoms with Crippen molar-refractivity contribution in [3.63, 3.8) is 0 Å². The zero-order valence-corrected chi connectivity index (χ0v) is 9.42. The first-order valence-corrected chi connectivity index (χ1v) is 5.17. The third-order valence-corrected chi connectivity index (χ3v) is 3.31. The van der Waals surface area contributed by atoms with E-state index in [0.29, 0.717) is 6.42 Å². The Morgan fingerprint density at radius 2 is 2.00 bits per heavy atom. The lowest BCUT2D eigenvalue weighted by Crippen LogP contribution is -2.31. The molecule has 0 aliphatic carbocycles. The Bertz CT molecular complexity index is 438. The lowest BCUT2D eigenvalue weighted by atomic mass is 9.94. The molecule has 3 nitrogen and oxygen atoms in total. The molecule has 1 aliphatic rings. The Hall–Kier alpha value is -1.51. The van der Waals surface area contributed by atoms with Crippen LogP contribution < -0.4 is 10.6 Å². The Kier molecular flexibility index (Phi) is 2.18. The first kappa shape index (κ1) is 10.0. The van der Waals surface area contributed by atoms with Crippen molar-refractivity contribution in [3.8, 4) is 0 Å². The van der Waals surface area contributed by atoms with Gasteiger partial charge in [-0.05, 0) is 43.0 Å². The topological polar surface area (TPSA) is 46.3 Å². The van der Waals surface area contributed by atoms with Crippen LogP contribution in [0.2, 0.25) is 0 Å². The van der Waals surface area contributed by atoms with E-state index in [2.05, 4.69) is 6.07 Å². The molecule has 0 spiro atoms. The number of nitrogens with zero attached hydrogens (tertiary/aromatic N) is 1. The Morgan fingerprint density at radius 3 is 2.67 bits per heavy atom. The second-order valence-electron chi connectivity index (χ2n) is 4.18. The fourth-order valence-corrected chi connectivity index (χ4v) is 2.07. The van der Waals surface area contributed by atoms with E-state index in [1.54, 1.807) is 4.90 Å². The molecule has 0 atom stereocenters. The molecular weight excluding hydrogens is 188 g/mol. The molecule has 15 heavy (non-hydrogen) atoms. The van der Waals surface area contributed by atoms with E-state index in [1.807, 2.05) is 20.9 Å². The van der Waals surface area contributed by atoms with Gasteiger partial charge in [0.05, 0.1) is 0 Å². The van der Waals surface area contributed by atoms with Crippen LogP contribution in [0.15, 0.2) is 6.07 Å². The number of carbonyl (C=O) groups excluding carboxylic acids is 1. The summed E-state index contributed by atoms with van der Waals surface area (Å²) in [7, 11) is 1.81. The van der Waals surface area contributed by atoms with Crippen molar-refractivity contribution in [2.24, 2.45) is 0 Å². The summed E-state index contributed by atoms with van der Waals surface area (Å²) < 4.78 is 0. The summed E-state index contributed by atoms with van der Waals surface area (Å²) in [5, 5.41) is 0. The number of nitrogens with two attached hydrogens (primary N) is 1. The summed E-state index contributed by atoms with van der Waals surface area (Å²) in [4.78, 5) is 13.3. The fraction of sp³-hybridized carbons (Fsp3) is 0.417. The van der Waals surface area contributed by atoms with Gasteiger partial charge in [-0.1, -0.05) is 0 Å². The zero-order chi connectivity index (χ0) is 11.2. The van der Waals surface area contributed by atoms with Crippen LogP contribution in [-0.2, 0) is 11.2 Å². The molecule has 1 aliphatic heterocycles. The van der Waals surface area contributed by atoms with Crippen molar-refractivity contribution in [2.75, 3.05) is 17.7 Å². The largest absolute Gasteiger partial charge is 0.398 e. The highest BCUT2D eigenvalue weighted by Crippen LogP contribution is 2.34. The molecule has 0 saturated carbocycles. The van der Waals surface area contributed by atoms with Crippen molar-refractivity contribution in [2.45, 2.75) is 26.7 Å². The number of aryl methyl sites for hydroxylation is 1. The van der Waals surface area contributed by atoms with Gasteiger partial charge in [-0.25, -0.2) is 0 Å². The SMILES string of the molecule is Cc1cc2c(c(N)c1C)CCC(=O)N2C. The minimum atomic E-state index is 0.171. The number of rotatable bonds is 0. The molecular formula is C12H16N2O. The lowest BCUT2D eigenvalue weighted by Gasteiger charge is -2.28. The number of fused-ring (bicyclic) bond motifs is 1. The molecule has 0 saturated heterocycles. The van der Waals surface area contributed by atoms with Gasteiger partial charge in [0.15, 0.2) is 0 Å². The van der Waals surface area contributed by atoms with Gasteiger partial charge in [-0.15, -0.1) is 0 Å². The van der Waals surface area contributed by atoms with Crippen LogP contribution in [0.1, 0.15) is 23.1 Å². The zero-order valence-electron chi connectivity index (χ0n) is 9.42. The number of benzene rings is 1. The minimum absolute atomic E-state index is 0.171. The standard InChI is InChI=1S/C12H16N2O/c1-7-6-10-9(12(13)8(7)2)4-5-11(15)14(10)3/h6H,4-5,13H2,1-3H3. The highest BCUT2D eigenvalue weighted by Gasteiger charge is 2.23. The third kappa shape index (κ3) is 1.39. The van der Waals surface area contributed by atoms with Crippen molar-refractivity contribution in [1.82, 2.24) is 0 Å². The number of nitrogen functional groups attached to an aromatic ring is 1. The van der Waals surface area contributed by atoms with Gasteiger partial charge in [0, 0.05) is 24.8 Å². The quantitative estimate of drug-likeness (QED) is 0.655. The Morgan fingerprint density at radius 1 is 1.33 bits per heavy atom. The number of amides is 1. The van der Waals surface area contributed by atoms with E-state index >= 15 is 0 Å². The molecule has 1 heterocycles. The van der Waals surface area contributed by atoms with Crippen LogP contribution in [0.25, 0.3) is 0 Å². The van der Waals surface area contributed by atoms with E-state index < -0.39 is 0 Å². The van der Waals surface area contributed by atoms with Crippen LogP contribution in [-0.4, -0.2) is 13.0 Å². The molecule has 1 aromatic rings. The average Bonchev–Trinajstić information content (AvgIpc) is 2.21. The van der Waals surface area contributed by atoms with Crippen molar-refractivity contribution in [3.05, 3.63) is 22.8 Å². The Balaban J connectivity index is 2.66. The highest BCUT2D eigenvalue weighted by atomic mass is 16.2. The van der Waals surface area contributed by atoms with E-state index in [4.69, 9.17) is 5.73 Å². The van der Waals surface area contributed by atoms with Crippen LogP contribution in [0.5, 0.6) is 0 Å². The van der Waals surface area contributed by atoms with E-state index in [-0.39, 0.29) is 5.91 Å². The second kappa shape index (κ2) is 3.26. The predicted octanol–water partition coefficient (Wildman–Crippen LogP) is 1.79. The lowest BCUT2D eigenvalue weighted by molar-refractivity contribution is -0.118. The van der Waals surface area contributed by atoms with Crippen LogP contribution >= 0.6 is 0 Å². The molecule has 1 aromatic carbocycles. The van der Waals surface area contributed by atoms with Crippen molar-refractivity contribution in [1.29, 1.82) is 0 Å². The van der Waals surface area contributed by atoms with Gasteiger partial charge in [0.1, 0.15) is 0 Å². The fourth-order valence-electron chi connectivity index (χ4n) is 2.07. The predicted molar refractivity (Wildman–Crippen MR) is 62.1 cm³/mol. The molecule has 0 fully saturated rings. The summed E-state index contributed by atoms with van der Waals surface area (Å²) in [5.41, 5.74) is 11.3. The number of hydrogen-bond donors (Lipinski definition) is 1. The molecule has 2 rings (SSSR count). The number of hydrogen-bond acceptors (Lipinski definition) is 2. The highest BCUT2D eigenvalue weighted by molar-refractivity contribution is 5.97. The monoisotopic (exact) mass is 204 g/mol. The molecule has 0 aromatic heterocycles. The van der Waals surface area contributed by atoms with Gasteiger partial charge in [-0.2, -0.15) is 0 Å². The van der Waals surface area contributed by atoms with E-state index in [9.17, 15) is 4.79 Å². The van der Waals surface area contributed by atoms with Gasteiger partial charge in [0.2, 0.25) is 5.91 Å². The minimum Gasteiger partial charge on any atom is -0.398 e. The smallest absolute Gasteiger partial charge is 0.227 e. The molecule has 3 heteroatoms. The van der Waals surface area contributed by atoms with Crippen molar-refractivity contribution >= 4 is 17.3 Å². The third-order valence-electron chi connectivity index (χ3n) is 3.31. The molecule has 2 N–H and O–H groups in total. The van der Waals surface area contributed by atoms with Crippen LogP contribution in [0.3, 0.4) is 0 Å². The second-order valence-corrected chi connectivity index (χ2v) is 4.18. The van der Waals surface area contributed by atoms with Crippen LogP contribution in [0.4, 0.5) is 11.4 Å². The Labute approximate surface area is 89.9 Å². The normalized spacial score (nSPS) is 15.4. The summed E-state index contributed by atoms with van der Waals surface area (Å²) >= 11 is 0. The van der Waals surface area contributed by atoms with E-state index in [0.717, 1.165) is 34.5 Å². The summed E-state index contributed by atoms with van der Waals surface area (Å²) in [6.07, 6.45) is 1.33. The van der Waals surface area contributed by atoms with E-state index in [1.165, 1.54) is 0 Å². The van der Waals surface area contributed by atoms with Gasteiger partial charge in [-0.3, -0.25) is 4.79 Å². The maximum atomic E-state index is 11.5. The maximum absolute atomic E-state index is 11.5. The summed E-state index contributed by atoms with van der Waals surface area (Å²) in [6.45, 7) is 4.06. The number of carbonyl (C=O) groups is 1. The number of anilines is 2. The van der Waals surface area contributed by atoms with Crippen LogP contribution in [0, 0.1) is 13.8 Å². The van der Waals surface area contributed by atoms with Gasteiger partial charge >= 0.3 is 0 Å². The van der Waals surface area contributed by atoms with Crippen molar-refractivity contribution < 1.29 is 4.79 Å².